The van der Waals surface area contributed by atoms with Crippen LogP contribution in [0.4, 0.5) is 0 Å². The molecule has 0 amide bonds. The molecule has 3 aromatic rings. The number of hydrogen-bond donors (Lipinski definition) is 0. The summed E-state index contributed by atoms with van der Waals surface area (Å²) in [6.07, 6.45) is 0. The van der Waals surface area contributed by atoms with Gasteiger partial charge < -0.3 is 13.7 Å². The maximum Gasteiger partial charge on any atom is 0.472 e. The zero-order valence-electron chi connectivity index (χ0n) is 13.8. The van der Waals surface area contributed by atoms with E-state index < -0.39 is 7.12 Å². The van der Waals surface area contributed by atoms with Gasteiger partial charge >= 0.3 is 7.12 Å². The van der Waals surface area contributed by atoms with E-state index in [0.29, 0.717) is 0 Å². The Hall–Kier alpha value is -0.723. The Morgan fingerprint density at radius 1 is 0.913 bits per heavy atom. The van der Waals surface area contributed by atoms with E-state index in [-0.39, 0.29) is 42.3 Å². The fraction of sp³-hybridized carbons (Fsp3) is 0.333. The average molecular weight is 531 g/mol. The summed E-state index contributed by atoms with van der Waals surface area (Å²) in [6, 6.07) is 15.2. The molecular weight excluding hydrogens is 513 g/mol. The molecule has 1 aliphatic heterocycles. The van der Waals surface area contributed by atoms with Crippen molar-refractivity contribution in [1.82, 2.24) is 0 Å². The molecule has 1 saturated heterocycles. The Kier molecular flexibility index (Phi) is 4.22. The van der Waals surface area contributed by atoms with Gasteiger partial charge in [0.1, 0.15) is 5.58 Å². The van der Waals surface area contributed by atoms with Crippen molar-refractivity contribution in [1.29, 1.82) is 0 Å². The second-order valence-corrected chi connectivity index (χ2v) is 6.82. The van der Waals surface area contributed by atoms with Crippen LogP contribution in [0, 0.1) is 37.2 Å². The molecule has 0 N–H and O–H groups in total. The summed E-state index contributed by atoms with van der Waals surface area (Å²) in [7, 11) is -0.464. The van der Waals surface area contributed by atoms with E-state index in [1.807, 2.05) is 58.0 Å². The standard InChI is InChI=1S/C18H18BO3.U/c1-17(2)18(3,4)22-19(21-17)14-10-7-9-13-12-8-5-6-11-15(12)20-16(13)14;/h5-9,11H,1-4H3;/q-1;. The minimum Gasteiger partial charge on any atom is -0.516 e. The molecule has 3 nitrogen and oxygen atoms in total. The third-order valence-electron chi connectivity index (χ3n) is 4.86. The smallest absolute Gasteiger partial charge is 0.472 e. The summed E-state index contributed by atoms with van der Waals surface area (Å²) in [4.78, 5) is 0. The van der Waals surface area contributed by atoms with Gasteiger partial charge in [-0.2, -0.15) is 18.2 Å². The van der Waals surface area contributed by atoms with Crippen molar-refractivity contribution in [2.75, 3.05) is 0 Å². The summed E-state index contributed by atoms with van der Waals surface area (Å²) >= 11 is 0. The van der Waals surface area contributed by atoms with Crippen LogP contribution in [0.25, 0.3) is 21.9 Å². The summed E-state index contributed by atoms with van der Waals surface area (Å²) in [5.74, 6) is 0. The van der Waals surface area contributed by atoms with Crippen LogP contribution >= 0.6 is 0 Å². The second-order valence-electron chi connectivity index (χ2n) is 6.82. The molecule has 1 aliphatic rings. The van der Waals surface area contributed by atoms with Crippen LogP contribution in [-0.2, 0) is 9.31 Å². The molecule has 1 aromatic heterocycles. The number of fused-ring (bicyclic) bond motifs is 3. The number of rotatable bonds is 1. The number of benzene rings is 2. The molecule has 23 heavy (non-hydrogen) atoms. The van der Waals surface area contributed by atoms with E-state index in [1.165, 1.54) is 0 Å². The van der Waals surface area contributed by atoms with Crippen LogP contribution in [0.3, 0.4) is 0 Å². The normalized spacial score (nSPS) is 19.2. The van der Waals surface area contributed by atoms with Gasteiger partial charge in [-0.15, -0.1) is 0 Å². The van der Waals surface area contributed by atoms with Crippen LogP contribution in [0.5, 0.6) is 0 Å². The van der Waals surface area contributed by atoms with Gasteiger partial charge in [0.25, 0.3) is 0 Å². The molecule has 0 unspecified atom stereocenters. The monoisotopic (exact) mass is 531 g/mol. The summed E-state index contributed by atoms with van der Waals surface area (Å²) in [5.41, 5.74) is 1.74. The van der Waals surface area contributed by atoms with Crippen molar-refractivity contribution < 1.29 is 44.8 Å². The van der Waals surface area contributed by atoms with E-state index in [9.17, 15) is 0 Å². The van der Waals surface area contributed by atoms with Crippen LogP contribution in [0.1, 0.15) is 27.7 Å². The Labute approximate surface area is 160 Å². The van der Waals surface area contributed by atoms with Crippen LogP contribution in [-0.4, -0.2) is 18.3 Å². The minimum atomic E-state index is -0.464. The number of para-hydroxylation sites is 1. The first-order valence-electron chi connectivity index (χ1n) is 7.56. The van der Waals surface area contributed by atoms with Gasteiger partial charge in [-0.1, -0.05) is 29.0 Å². The van der Waals surface area contributed by atoms with Crippen molar-refractivity contribution in [3.8, 4) is 0 Å². The Morgan fingerprint density at radius 2 is 1.57 bits per heavy atom. The maximum absolute atomic E-state index is 6.14. The SMILES string of the molecule is CC1(C)OB(c2[c-]ccc3c2oc2ccccc23)OC1(C)C.[U]. The number of hydrogen-bond acceptors (Lipinski definition) is 3. The van der Waals surface area contributed by atoms with Crippen molar-refractivity contribution in [2.45, 2.75) is 38.9 Å². The molecule has 0 bridgehead atoms. The average Bonchev–Trinajstić information content (AvgIpc) is 2.93. The van der Waals surface area contributed by atoms with Crippen LogP contribution < -0.4 is 5.46 Å². The molecule has 0 spiro atoms. The summed E-state index contributed by atoms with van der Waals surface area (Å²) in [6.45, 7) is 8.19. The molecule has 0 atom stereocenters. The van der Waals surface area contributed by atoms with Gasteiger partial charge in [-0.3, -0.25) is 0 Å². The fourth-order valence-corrected chi connectivity index (χ4v) is 2.85. The van der Waals surface area contributed by atoms with Crippen LogP contribution in [0.2, 0.25) is 0 Å². The molecule has 4 rings (SSSR count). The van der Waals surface area contributed by atoms with E-state index in [4.69, 9.17) is 13.7 Å². The third kappa shape index (κ3) is 2.59. The Balaban J connectivity index is 0.00000156. The quantitative estimate of drug-likeness (QED) is 0.355. The van der Waals surface area contributed by atoms with Gasteiger partial charge in [-0.05, 0) is 33.8 Å². The molecule has 2 aromatic carbocycles. The van der Waals surface area contributed by atoms with E-state index in [2.05, 4.69) is 12.1 Å². The first-order chi connectivity index (χ1) is 10.4. The molecule has 5 heteroatoms. The van der Waals surface area contributed by atoms with Gasteiger partial charge in [0.2, 0.25) is 0 Å². The van der Waals surface area contributed by atoms with Crippen molar-refractivity contribution >= 4 is 34.5 Å². The topological polar surface area (TPSA) is 31.6 Å². The second kappa shape index (κ2) is 5.67. The molecule has 0 aliphatic carbocycles. The number of furan rings is 1. The van der Waals surface area contributed by atoms with E-state index in [0.717, 1.165) is 27.4 Å². The van der Waals surface area contributed by atoms with E-state index >= 15 is 0 Å². The van der Waals surface area contributed by atoms with Gasteiger partial charge in [0.15, 0.2) is 0 Å². The predicted molar refractivity (Wildman–Crippen MR) is 88.3 cm³/mol. The van der Waals surface area contributed by atoms with Crippen molar-refractivity contribution in [2.24, 2.45) is 0 Å². The molecule has 116 valence electrons. The van der Waals surface area contributed by atoms with Gasteiger partial charge in [-0.25, -0.2) is 0 Å². The Morgan fingerprint density at radius 3 is 2.26 bits per heavy atom. The zero-order chi connectivity index (χ0) is 15.5. The van der Waals surface area contributed by atoms with Crippen LogP contribution in [0.15, 0.2) is 40.8 Å². The fourth-order valence-electron chi connectivity index (χ4n) is 2.85. The van der Waals surface area contributed by atoms with Gasteiger partial charge in [0, 0.05) is 42.1 Å². The van der Waals surface area contributed by atoms with E-state index in [1.54, 1.807) is 0 Å². The molecule has 0 radical (unpaired) electrons. The maximum atomic E-state index is 6.14. The predicted octanol–water partition coefficient (Wildman–Crippen LogP) is 3.69. The minimum absolute atomic E-state index is 0. The molecular formula is C18H18BO3U-. The Bertz CT molecular complexity index is 853. The van der Waals surface area contributed by atoms with Gasteiger partial charge in [0.05, 0.1) is 11.2 Å². The molecule has 1 fully saturated rings. The van der Waals surface area contributed by atoms with Crippen molar-refractivity contribution in [3.05, 3.63) is 42.5 Å². The molecule has 0 saturated carbocycles. The van der Waals surface area contributed by atoms with Crippen molar-refractivity contribution in [3.63, 3.8) is 0 Å². The zero-order valence-corrected chi connectivity index (χ0v) is 17.9. The summed E-state index contributed by atoms with van der Waals surface area (Å²) in [5, 5.41) is 2.17. The molecule has 2 heterocycles. The largest absolute Gasteiger partial charge is 0.516 e. The first kappa shape index (κ1) is 17.1. The first-order valence-corrected chi connectivity index (χ1v) is 7.56. The summed E-state index contributed by atoms with van der Waals surface area (Å²) < 4.78 is 18.3. The third-order valence-corrected chi connectivity index (χ3v) is 4.86.